The number of aromatic nitrogens is 4. The number of amides is 1. The maximum Gasteiger partial charge on any atom is 0.251 e. The van der Waals surface area contributed by atoms with Gasteiger partial charge in [0.1, 0.15) is 0 Å². The molecule has 6 heteroatoms. The number of nitrogens with zero attached hydrogens (tertiary/aromatic N) is 4. The van der Waals surface area contributed by atoms with Crippen molar-refractivity contribution in [1.29, 1.82) is 0 Å². The van der Waals surface area contributed by atoms with Crippen LogP contribution in [-0.2, 0) is 11.2 Å². The zero-order valence-corrected chi connectivity index (χ0v) is 16.7. The summed E-state index contributed by atoms with van der Waals surface area (Å²) < 4.78 is 1.72. The van der Waals surface area contributed by atoms with Gasteiger partial charge in [-0.2, -0.15) is 5.10 Å². The number of aryl methyl sites for hydroxylation is 5. The zero-order chi connectivity index (χ0) is 19.7. The minimum atomic E-state index is -0.0645. The lowest BCUT2D eigenvalue weighted by molar-refractivity contribution is -0.115. The van der Waals surface area contributed by atoms with Crippen molar-refractivity contribution in [2.75, 3.05) is 5.32 Å². The van der Waals surface area contributed by atoms with Gasteiger partial charge in [0.05, 0.1) is 12.1 Å². The predicted octanol–water partition coefficient (Wildman–Crippen LogP) is 3.69. The molecule has 0 fully saturated rings. The Kier molecular flexibility index (Phi) is 5.08. The molecule has 3 aromatic rings. The van der Waals surface area contributed by atoms with Gasteiger partial charge in [-0.05, 0) is 70.9 Å². The van der Waals surface area contributed by atoms with Crippen molar-refractivity contribution in [3.8, 4) is 5.95 Å². The van der Waals surface area contributed by atoms with Crippen LogP contribution in [0.1, 0.15) is 39.5 Å². The molecule has 0 aliphatic carbocycles. The van der Waals surface area contributed by atoms with E-state index in [0.29, 0.717) is 5.95 Å². The van der Waals surface area contributed by atoms with Crippen molar-refractivity contribution in [1.82, 2.24) is 19.7 Å². The fraction of sp³-hybridized carbons (Fsp3) is 0.333. The summed E-state index contributed by atoms with van der Waals surface area (Å²) in [5.74, 6) is 0.472. The van der Waals surface area contributed by atoms with Gasteiger partial charge in [0.2, 0.25) is 5.91 Å². The minimum absolute atomic E-state index is 0.0645. The molecule has 0 aliphatic heterocycles. The number of carbonyl (C=O) groups is 1. The smallest absolute Gasteiger partial charge is 0.251 e. The second kappa shape index (κ2) is 7.31. The highest BCUT2D eigenvalue weighted by molar-refractivity contribution is 5.92. The van der Waals surface area contributed by atoms with Gasteiger partial charge in [-0.25, -0.2) is 14.6 Å². The molecular formula is C21H25N5O. The molecule has 0 atom stereocenters. The van der Waals surface area contributed by atoms with Crippen molar-refractivity contribution in [2.24, 2.45) is 0 Å². The van der Waals surface area contributed by atoms with Crippen LogP contribution < -0.4 is 5.32 Å². The number of rotatable bonds is 4. The third-order valence-electron chi connectivity index (χ3n) is 4.73. The average Bonchev–Trinajstić information content (AvgIpc) is 2.85. The number of benzene rings is 1. The first kappa shape index (κ1) is 18.8. The maximum atomic E-state index is 12.6. The summed E-state index contributed by atoms with van der Waals surface area (Å²) in [6.45, 7) is 11.8. The van der Waals surface area contributed by atoms with E-state index in [1.807, 2.05) is 58.9 Å². The molecule has 1 aromatic carbocycles. The van der Waals surface area contributed by atoms with E-state index in [1.54, 1.807) is 4.68 Å². The van der Waals surface area contributed by atoms with Gasteiger partial charge >= 0.3 is 0 Å². The molecule has 0 saturated carbocycles. The lowest BCUT2D eigenvalue weighted by Crippen LogP contribution is -2.15. The Labute approximate surface area is 159 Å². The van der Waals surface area contributed by atoms with Gasteiger partial charge in [-0.15, -0.1) is 0 Å². The number of hydrogen-bond donors (Lipinski definition) is 1. The van der Waals surface area contributed by atoms with E-state index in [9.17, 15) is 4.79 Å². The van der Waals surface area contributed by atoms with Crippen LogP contribution in [0.25, 0.3) is 5.95 Å². The summed E-state index contributed by atoms with van der Waals surface area (Å²) in [4.78, 5) is 21.5. The SMILES string of the molecule is Cc1cc(C)nc(-n2nc(C)c(CC(=O)Nc3ccc(C)c(C)c3)c2C)n1. The summed E-state index contributed by atoms with van der Waals surface area (Å²) >= 11 is 0. The Bertz CT molecular complexity index is 999. The topological polar surface area (TPSA) is 72.7 Å². The third-order valence-corrected chi connectivity index (χ3v) is 4.73. The van der Waals surface area contributed by atoms with Crippen molar-refractivity contribution in [3.05, 3.63) is 63.7 Å². The number of anilines is 1. The summed E-state index contributed by atoms with van der Waals surface area (Å²) in [6, 6.07) is 7.84. The molecule has 3 rings (SSSR count). The molecule has 140 valence electrons. The lowest BCUT2D eigenvalue weighted by Gasteiger charge is -2.08. The maximum absolute atomic E-state index is 12.6. The van der Waals surface area contributed by atoms with Crippen LogP contribution in [0.5, 0.6) is 0 Å². The Morgan fingerprint density at radius 2 is 1.63 bits per heavy atom. The van der Waals surface area contributed by atoms with E-state index in [4.69, 9.17) is 0 Å². The van der Waals surface area contributed by atoms with Gasteiger partial charge in [0.25, 0.3) is 5.95 Å². The molecule has 2 aromatic heterocycles. The Balaban J connectivity index is 1.84. The first-order valence-corrected chi connectivity index (χ1v) is 8.99. The van der Waals surface area contributed by atoms with Crippen LogP contribution >= 0.6 is 0 Å². The van der Waals surface area contributed by atoms with Crippen LogP contribution in [-0.4, -0.2) is 25.7 Å². The van der Waals surface area contributed by atoms with Crippen LogP contribution in [0.2, 0.25) is 0 Å². The van der Waals surface area contributed by atoms with Crippen molar-refractivity contribution in [2.45, 2.75) is 48.0 Å². The quantitative estimate of drug-likeness (QED) is 0.767. The van der Waals surface area contributed by atoms with Crippen LogP contribution in [0.15, 0.2) is 24.3 Å². The summed E-state index contributed by atoms with van der Waals surface area (Å²) in [6.07, 6.45) is 0.259. The Hall–Kier alpha value is -3.02. The monoisotopic (exact) mass is 363 g/mol. The lowest BCUT2D eigenvalue weighted by atomic mass is 10.1. The molecule has 6 nitrogen and oxygen atoms in total. The van der Waals surface area contributed by atoms with Crippen LogP contribution in [0.4, 0.5) is 5.69 Å². The molecule has 0 bridgehead atoms. The average molecular weight is 363 g/mol. The molecule has 27 heavy (non-hydrogen) atoms. The molecule has 0 aliphatic rings. The summed E-state index contributed by atoms with van der Waals surface area (Å²) in [5, 5.41) is 7.53. The van der Waals surface area contributed by atoms with Crippen LogP contribution in [0.3, 0.4) is 0 Å². The normalized spacial score (nSPS) is 10.9. The molecule has 2 heterocycles. The zero-order valence-electron chi connectivity index (χ0n) is 16.7. The van der Waals surface area contributed by atoms with Crippen molar-refractivity contribution >= 4 is 11.6 Å². The Morgan fingerprint density at radius 1 is 0.963 bits per heavy atom. The number of carbonyl (C=O) groups excluding carboxylic acids is 1. The molecule has 1 N–H and O–H groups in total. The third kappa shape index (κ3) is 4.05. The van der Waals surface area contributed by atoms with Gasteiger partial charge < -0.3 is 5.32 Å². The summed E-state index contributed by atoms with van der Waals surface area (Å²) in [5.41, 5.74) is 7.54. The molecule has 1 amide bonds. The molecule has 0 radical (unpaired) electrons. The largest absolute Gasteiger partial charge is 0.326 e. The highest BCUT2D eigenvalue weighted by Gasteiger charge is 2.18. The summed E-state index contributed by atoms with van der Waals surface area (Å²) in [7, 11) is 0. The van der Waals surface area contributed by atoms with Crippen molar-refractivity contribution in [3.63, 3.8) is 0 Å². The molecule has 0 saturated heterocycles. The fourth-order valence-electron chi connectivity index (χ4n) is 3.11. The predicted molar refractivity (Wildman–Crippen MR) is 106 cm³/mol. The molecule has 0 spiro atoms. The first-order valence-electron chi connectivity index (χ1n) is 8.99. The second-order valence-electron chi connectivity index (χ2n) is 7.04. The van der Waals surface area contributed by atoms with E-state index >= 15 is 0 Å². The highest BCUT2D eigenvalue weighted by Crippen LogP contribution is 2.19. The van der Waals surface area contributed by atoms with E-state index in [0.717, 1.165) is 39.6 Å². The molecular weight excluding hydrogens is 338 g/mol. The van der Waals surface area contributed by atoms with Crippen molar-refractivity contribution < 1.29 is 4.79 Å². The van der Waals surface area contributed by atoms with Gasteiger partial charge in [0, 0.05) is 28.3 Å². The van der Waals surface area contributed by atoms with Gasteiger partial charge in [-0.3, -0.25) is 4.79 Å². The number of nitrogens with one attached hydrogen (secondary N) is 1. The van der Waals surface area contributed by atoms with E-state index in [-0.39, 0.29) is 12.3 Å². The Morgan fingerprint density at radius 3 is 2.26 bits per heavy atom. The first-order chi connectivity index (χ1) is 12.7. The van der Waals surface area contributed by atoms with E-state index in [1.165, 1.54) is 5.56 Å². The number of hydrogen-bond acceptors (Lipinski definition) is 4. The minimum Gasteiger partial charge on any atom is -0.326 e. The van der Waals surface area contributed by atoms with E-state index in [2.05, 4.69) is 27.3 Å². The molecule has 0 unspecified atom stereocenters. The fourth-order valence-corrected chi connectivity index (χ4v) is 3.11. The highest BCUT2D eigenvalue weighted by atomic mass is 16.1. The van der Waals surface area contributed by atoms with Gasteiger partial charge in [-0.1, -0.05) is 6.07 Å². The second-order valence-corrected chi connectivity index (χ2v) is 7.04. The standard InChI is InChI=1S/C21H25N5O/c1-12-7-8-18(9-13(12)2)24-20(27)11-19-16(5)25-26(17(19)6)21-22-14(3)10-15(4)23-21/h7-10H,11H2,1-6H3,(H,24,27). The van der Waals surface area contributed by atoms with E-state index < -0.39 is 0 Å². The van der Waals surface area contributed by atoms with Crippen LogP contribution in [0, 0.1) is 41.5 Å². The van der Waals surface area contributed by atoms with Gasteiger partial charge in [0.15, 0.2) is 0 Å².